The predicted molar refractivity (Wildman–Crippen MR) is 32.2 cm³/mol. The maximum Gasteiger partial charge on any atom is 0.0540 e. The van der Waals surface area contributed by atoms with Crippen LogP contribution in [0.1, 0.15) is 13.8 Å². The molecule has 0 aromatic carbocycles. The van der Waals surface area contributed by atoms with Crippen molar-refractivity contribution >= 4 is 0 Å². The van der Waals surface area contributed by atoms with Crippen LogP contribution in [0.2, 0.25) is 0 Å². The molecule has 0 bridgehead atoms. The van der Waals surface area contributed by atoms with Gasteiger partial charge in [0.2, 0.25) is 0 Å². The van der Waals surface area contributed by atoms with Crippen LogP contribution in [0.15, 0.2) is 0 Å². The van der Waals surface area contributed by atoms with Crippen LogP contribution in [0, 0.1) is 5.21 Å². The molecule has 1 rings (SSSR count). The van der Waals surface area contributed by atoms with Crippen LogP contribution in [0.3, 0.4) is 0 Å². The Morgan fingerprint density at radius 1 is 1.62 bits per heavy atom. The minimum Gasteiger partial charge on any atom is -0.784 e. The first kappa shape index (κ1) is 6.01. The highest BCUT2D eigenvalue weighted by molar-refractivity contribution is 4.85. The normalized spacial score (nSPS) is 28.9. The lowest BCUT2D eigenvalue weighted by molar-refractivity contribution is 0.226. The third-order valence-corrected chi connectivity index (χ3v) is 1.50. The van der Waals surface area contributed by atoms with Crippen molar-refractivity contribution < 1.29 is 0 Å². The lowest BCUT2D eigenvalue weighted by Crippen LogP contribution is -2.42. The highest BCUT2D eigenvalue weighted by atomic mass is 16.5. The molecule has 0 aliphatic carbocycles. The summed E-state index contributed by atoms with van der Waals surface area (Å²) in [6.45, 7) is 5.20. The molecule has 0 aromatic heterocycles. The zero-order valence-electron chi connectivity index (χ0n) is 5.27. The van der Waals surface area contributed by atoms with E-state index in [1.807, 2.05) is 13.8 Å². The van der Waals surface area contributed by atoms with Gasteiger partial charge >= 0.3 is 0 Å². The summed E-state index contributed by atoms with van der Waals surface area (Å²) in [5, 5.41) is 14.9. The van der Waals surface area contributed by atoms with Gasteiger partial charge in [0.25, 0.3) is 0 Å². The Labute approximate surface area is 49.3 Å². The van der Waals surface area contributed by atoms with E-state index in [9.17, 15) is 5.21 Å². The van der Waals surface area contributed by atoms with Crippen LogP contribution in [0.25, 0.3) is 0 Å². The van der Waals surface area contributed by atoms with Gasteiger partial charge < -0.3 is 10.3 Å². The fraction of sp³-hybridized carbons (Fsp3) is 1.00. The van der Waals surface area contributed by atoms with Crippen molar-refractivity contribution in [3.05, 3.63) is 5.21 Å². The monoisotopic (exact) mass is 115 g/mol. The minimum atomic E-state index is -0.319. The molecule has 0 radical (unpaired) electrons. The summed E-state index contributed by atoms with van der Waals surface area (Å²) in [6.07, 6.45) is 0. The van der Waals surface area contributed by atoms with Crippen molar-refractivity contribution in [1.82, 2.24) is 10.4 Å². The van der Waals surface area contributed by atoms with Gasteiger partial charge in [-0.05, 0) is 20.4 Å². The zero-order chi connectivity index (χ0) is 6.20. The van der Waals surface area contributed by atoms with Gasteiger partial charge in [0.1, 0.15) is 0 Å². The standard InChI is InChI=1S/C5H11N2O/c1-5(2)6-3-4-7(5)8/h6H,3-4H2,1-2H3/q-1. The van der Waals surface area contributed by atoms with Crippen molar-refractivity contribution in [1.29, 1.82) is 0 Å². The Kier molecular flexibility index (Phi) is 1.27. The molecule has 0 atom stereocenters. The molecule has 0 amide bonds. The minimum absolute atomic E-state index is 0.319. The van der Waals surface area contributed by atoms with E-state index in [0.29, 0.717) is 6.54 Å². The second-order valence-electron chi connectivity index (χ2n) is 2.59. The fourth-order valence-electron chi connectivity index (χ4n) is 0.831. The van der Waals surface area contributed by atoms with Crippen molar-refractivity contribution in [2.75, 3.05) is 13.1 Å². The van der Waals surface area contributed by atoms with Gasteiger partial charge in [-0.2, -0.15) is 0 Å². The van der Waals surface area contributed by atoms with Crippen LogP contribution in [0.4, 0.5) is 0 Å². The first-order chi connectivity index (χ1) is 3.63. The predicted octanol–water partition coefficient (Wildman–Crippen LogP) is 0.126. The molecule has 1 aliphatic heterocycles. The van der Waals surface area contributed by atoms with Crippen LogP contribution in [-0.4, -0.2) is 23.8 Å². The summed E-state index contributed by atoms with van der Waals surface area (Å²) >= 11 is 0. The molecule has 3 heteroatoms. The lowest BCUT2D eigenvalue weighted by atomic mass is 10.3. The van der Waals surface area contributed by atoms with Crippen molar-refractivity contribution in [3.8, 4) is 0 Å². The largest absolute Gasteiger partial charge is 0.784 e. The Morgan fingerprint density at radius 3 is 2.38 bits per heavy atom. The van der Waals surface area contributed by atoms with Crippen LogP contribution < -0.4 is 5.32 Å². The topological polar surface area (TPSA) is 38.3 Å². The lowest BCUT2D eigenvalue weighted by Gasteiger charge is -2.36. The number of nitrogens with one attached hydrogen (secondary N) is 1. The number of hydrogen-bond acceptors (Lipinski definition) is 3. The Balaban J connectivity index is 2.54. The van der Waals surface area contributed by atoms with E-state index in [1.165, 1.54) is 0 Å². The van der Waals surface area contributed by atoms with Crippen LogP contribution in [-0.2, 0) is 0 Å². The average molecular weight is 115 g/mol. The number of nitrogens with zero attached hydrogens (tertiary/aromatic N) is 1. The quantitative estimate of drug-likeness (QED) is 0.487. The smallest absolute Gasteiger partial charge is 0.0540 e. The SMILES string of the molecule is CC1(C)NCCN1[O-]. The van der Waals surface area contributed by atoms with E-state index >= 15 is 0 Å². The van der Waals surface area contributed by atoms with Gasteiger partial charge in [-0.15, -0.1) is 0 Å². The number of hydrogen-bond donors (Lipinski definition) is 1. The highest BCUT2D eigenvalue weighted by Crippen LogP contribution is 2.12. The van der Waals surface area contributed by atoms with E-state index in [-0.39, 0.29) is 5.66 Å². The second kappa shape index (κ2) is 1.69. The number of rotatable bonds is 0. The molecule has 0 unspecified atom stereocenters. The summed E-state index contributed by atoms with van der Waals surface area (Å²) in [4.78, 5) is 0. The second-order valence-corrected chi connectivity index (χ2v) is 2.59. The molecule has 48 valence electrons. The fourth-order valence-corrected chi connectivity index (χ4v) is 0.831. The molecule has 1 aliphatic rings. The van der Waals surface area contributed by atoms with Gasteiger partial charge in [-0.3, -0.25) is 5.32 Å². The van der Waals surface area contributed by atoms with Crippen LogP contribution in [0.5, 0.6) is 0 Å². The summed E-state index contributed by atoms with van der Waals surface area (Å²) in [6, 6.07) is 0. The summed E-state index contributed by atoms with van der Waals surface area (Å²) in [7, 11) is 0. The van der Waals surface area contributed by atoms with Gasteiger partial charge in [-0.1, -0.05) is 0 Å². The summed E-state index contributed by atoms with van der Waals surface area (Å²) in [5.74, 6) is 0. The maximum atomic E-state index is 10.8. The van der Waals surface area contributed by atoms with Crippen molar-refractivity contribution in [2.24, 2.45) is 0 Å². The molecule has 1 saturated heterocycles. The van der Waals surface area contributed by atoms with E-state index in [1.54, 1.807) is 0 Å². The van der Waals surface area contributed by atoms with Gasteiger partial charge in [0, 0.05) is 6.54 Å². The Bertz CT molecular complexity index is 92.4. The van der Waals surface area contributed by atoms with Crippen LogP contribution >= 0.6 is 0 Å². The molecular formula is C5H11N2O-. The molecule has 0 saturated carbocycles. The highest BCUT2D eigenvalue weighted by Gasteiger charge is 2.23. The summed E-state index contributed by atoms with van der Waals surface area (Å²) < 4.78 is 0. The van der Waals surface area contributed by atoms with Crippen molar-refractivity contribution in [3.63, 3.8) is 0 Å². The molecule has 1 N–H and O–H groups in total. The van der Waals surface area contributed by atoms with Gasteiger partial charge in [0.05, 0.1) is 5.66 Å². The molecule has 3 nitrogen and oxygen atoms in total. The first-order valence-corrected chi connectivity index (χ1v) is 2.83. The van der Waals surface area contributed by atoms with Gasteiger partial charge in [-0.25, -0.2) is 0 Å². The average Bonchev–Trinajstić information content (AvgIpc) is 1.86. The zero-order valence-corrected chi connectivity index (χ0v) is 5.27. The molecule has 0 aromatic rings. The molecule has 8 heavy (non-hydrogen) atoms. The number of hydroxylamine groups is 2. The Morgan fingerprint density at radius 2 is 2.25 bits per heavy atom. The maximum absolute atomic E-state index is 10.8. The molecule has 1 heterocycles. The Hall–Kier alpha value is -0.120. The third-order valence-electron chi connectivity index (χ3n) is 1.50. The van der Waals surface area contributed by atoms with E-state index in [2.05, 4.69) is 5.32 Å². The van der Waals surface area contributed by atoms with Gasteiger partial charge in [0.15, 0.2) is 0 Å². The van der Waals surface area contributed by atoms with Crippen molar-refractivity contribution in [2.45, 2.75) is 19.5 Å². The summed E-state index contributed by atoms with van der Waals surface area (Å²) in [5.41, 5.74) is -0.319. The molecule has 1 fully saturated rings. The first-order valence-electron chi connectivity index (χ1n) is 2.83. The molecule has 0 spiro atoms. The van der Waals surface area contributed by atoms with E-state index in [0.717, 1.165) is 11.6 Å². The molecular weight excluding hydrogens is 104 g/mol. The van der Waals surface area contributed by atoms with E-state index in [4.69, 9.17) is 0 Å². The third kappa shape index (κ3) is 0.844. The van der Waals surface area contributed by atoms with E-state index < -0.39 is 0 Å².